The standard InChI is InChI=1S/C13H21N3O3S/c1-10(17)13-5-4-12(8-11(13)9-15)20(18,19)16-7-3-2-6-14/h4-5,8,16H,2-3,6-7,9,14-15H2,1H3. The van der Waals surface area contributed by atoms with E-state index in [1.54, 1.807) is 0 Å². The Balaban J connectivity index is 2.93. The maximum atomic E-state index is 12.1. The van der Waals surface area contributed by atoms with Crippen LogP contribution in [0, 0.1) is 0 Å². The number of nitrogens with two attached hydrogens (primary N) is 2. The van der Waals surface area contributed by atoms with Crippen LogP contribution in [0.1, 0.15) is 35.7 Å². The third-order valence-electron chi connectivity index (χ3n) is 2.91. The van der Waals surface area contributed by atoms with E-state index < -0.39 is 10.0 Å². The van der Waals surface area contributed by atoms with Crippen molar-refractivity contribution in [2.24, 2.45) is 11.5 Å². The molecule has 0 saturated carbocycles. The van der Waals surface area contributed by atoms with Gasteiger partial charge in [-0.2, -0.15) is 0 Å². The molecule has 0 bridgehead atoms. The lowest BCUT2D eigenvalue weighted by molar-refractivity contribution is 0.101. The number of ketones is 1. The summed E-state index contributed by atoms with van der Waals surface area (Å²) in [5, 5.41) is 0. The number of rotatable bonds is 8. The second kappa shape index (κ2) is 7.49. The van der Waals surface area contributed by atoms with Crippen molar-refractivity contribution in [1.29, 1.82) is 0 Å². The molecule has 0 aromatic heterocycles. The Morgan fingerprint density at radius 2 is 1.95 bits per heavy atom. The molecule has 112 valence electrons. The minimum absolute atomic E-state index is 0.117. The fourth-order valence-corrected chi connectivity index (χ4v) is 2.93. The summed E-state index contributed by atoms with van der Waals surface area (Å²) in [4.78, 5) is 11.5. The first-order valence-electron chi connectivity index (χ1n) is 6.46. The lowest BCUT2D eigenvalue weighted by Gasteiger charge is -2.10. The summed E-state index contributed by atoms with van der Waals surface area (Å²) in [6.07, 6.45) is 1.45. The zero-order chi connectivity index (χ0) is 15.2. The molecule has 0 aliphatic rings. The molecule has 0 aliphatic heterocycles. The lowest BCUT2D eigenvalue weighted by atomic mass is 10.0. The van der Waals surface area contributed by atoms with Gasteiger partial charge in [-0.25, -0.2) is 13.1 Å². The number of sulfonamides is 1. The molecule has 0 saturated heterocycles. The van der Waals surface area contributed by atoms with E-state index in [-0.39, 0.29) is 17.2 Å². The van der Waals surface area contributed by atoms with Gasteiger partial charge in [-0.3, -0.25) is 4.79 Å². The second-order valence-corrected chi connectivity index (χ2v) is 6.24. The number of Topliss-reactive ketones (excluding diaryl/α,β-unsaturated/α-hetero) is 1. The van der Waals surface area contributed by atoms with Crippen molar-refractivity contribution < 1.29 is 13.2 Å². The van der Waals surface area contributed by atoms with Gasteiger partial charge < -0.3 is 11.5 Å². The topological polar surface area (TPSA) is 115 Å². The molecule has 1 aromatic rings. The molecular formula is C13H21N3O3S. The van der Waals surface area contributed by atoms with E-state index in [9.17, 15) is 13.2 Å². The summed E-state index contributed by atoms with van der Waals surface area (Å²) in [7, 11) is -3.57. The number of unbranched alkanes of at least 4 members (excludes halogenated alkanes) is 1. The molecule has 0 amide bonds. The van der Waals surface area contributed by atoms with Crippen LogP contribution in [-0.4, -0.2) is 27.3 Å². The van der Waals surface area contributed by atoms with Crippen LogP contribution in [0.2, 0.25) is 0 Å². The van der Waals surface area contributed by atoms with E-state index in [1.807, 2.05) is 0 Å². The summed E-state index contributed by atoms with van der Waals surface area (Å²) in [6.45, 7) is 2.41. The molecule has 0 radical (unpaired) electrons. The van der Waals surface area contributed by atoms with Gasteiger partial charge in [0.25, 0.3) is 0 Å². The van der Waals surface area contributed by atoms with Crippen LogP contribution in [0.3, 0.4) is 0 Å². The predicted molar refractivity (Wildman–Crippen MR) is 77.8 cm³/mol. The van der Waals surface area contributed by atoms with Crippen LogP contribution in [0.25, 0.3) is 0 Å². The van der Waals surface area contributed by atoms with Gasteiger partial charge in [-0.15, -0.1) is 0 Å². The molecule has 5 N–H and O–H groups in total. The predicted octanol–water partition coefficient (Wildman–Crippen LogP) is 0.365. The van der Waals surface area contributed by atoms with Crippen LogP contribution in [-0.2, 0) is 16.6 Å². The Hall–Kier alpha value is -1.28. The van der Waals surface area contributed by atoms with Crippen molar-refractivity contribution in [2.45, 2.75) is 31.2 Å². The average molecular weight is 299 g/mol. The fraction of sp³-hybridized carbons (Fsp3) is 0.462. The highest BCUT2D eigenvalue weighted by molar-refractivity contribution is 7.89. The van der Waals surface area contributed by atoms with E-state index in [1.165, 1.54) is 25.1 Å². The summed E-state index contributed by atoms with van der Waals surface area (Å²) in [5.74, 6) is -0.134. The van der Waals surface area contributed by atoms with Crippen LogP contribution >= 0.6 is 0 Å². The van der Waals surface area contributed by atoms with Crippen molar-refractivity contribution in [1.82, 2.24) is 4.72 Å². The van der Waals surface area contributed by atoms with Gasteiger partial charge >= 0.3 is 0 Å². The quantitative estimate of drug-likeness (QED) is 0.473. The molecule has 0 unspecified atom stereocenters. The summed E-state index contributed by atoms with van der Waals surface area (Å²) >= 11 is 0. The highest BCUT2D eigenvalue weighted by atomic mass is 32.2. The smallest absolute Gasteiger partial charge is 0.240 e. The molecule has 0 heterocycles. The second-order valence-electron chi connectivity index (χ2n) is 4.47. The molecule has 6 nitrogen and oxygen atoms in total. The SMILES string of the molecule is CC(=O)c1ccc(S(=O)(=O)NCCCCN)cc1CN. The van der Waals surface area contributed by atoms with Crippen LogP contribution in [0.4, 0.5) is 0 Å². The minimum Gasteiger partial charge on any atom is -0.330 e. The molecule has 0 fully saturated rings. The van der Waals surface area contributed by atoms with Crippen LogP contribution < -0.4 is 16.2 Å². The molecule has 0 aliphatic carbocycles. The minimum atomic E-state index is -3.57. The van der Waals surface area contributed by atoms with Gasteiger partial charge in [0.1, 0.15) is 0 Å². The molecule has 1 aromatic carbocycles. The van der Waals surface area contributed by atoms with Crippen molar-refractivity contribution >= 4 is 15.8 Å². The van der Waals surface area contributed by atoms with Crippen molar-refractivity contribution in [3.8, 4) is 0 Å². The lowest BCUT2D eigenvalue weighted by Crippen LogP contribution is -2.25. The van der Waals surface area contributed by atoms with Gasteiger partial charge in [0.2, 0.25) is 10.0 Å². The first-order valence-corrected chi connectivity index (χ1v) is 7.94. The van der Waals surface area contributed by atoms with Crippen LogP contribution in [0.15, 0.2) is 23.1 Å². The van der Waals surface area contributed by atoms with E-state index >= 15 is 0 Å². The van der Waals surface area contributed by atoms with Gasteiger partial charge in [-0.1, -0.05) is 0 Å². The van der Waals surface area contributed by atoms with Crippen LogP contribution in [0.5, 0.6) is 0 Å². The van der Waals surface area contributed by atoms with Gasteiger partial charge in [0, 0.05) is 18.7 Å². The third kappa shape index (κ3) is 4.38. The van der Waals surface area contributed by atoms with Gasteiger partial charge in [0.05, 0.1) is 4.90 Å². The zero-order valence-electron chi connectivity index (χ0n) is 11.6. The van der Waals surface area contributed by atoms with E-state index in [0.29, 0.717) is 30.6 Å². The monoisotopic (exact) mass is 299 g/mol. The molecule has 20 heavy (non-hydrogen) atoms. The average Bonchev–Trinajstić information content (AvgIpc) is 2.42. The number of benzene rings is 1. The number of carbonyl (C=O) groups is 1. The highest BCUT2D eigenvalue weighted by Crippen LogP contribution is 2.16. The number of hydrogen-bond donors (Lipinski definition) is 3. The van der Waals surface area contributed by atoms with Crippen molar-refractivity contribution in [2.75, 3.05) is 13.1 Å². The first kappa shape index (κ1) is 16.8. The van der Waals surface area contributed by atoms with E-state index in [4.69, 9.17) is 11.5 Å². The summed E-state index contributed by atoms with van der Waals surface area (Å²) in [6, 6.07) is 4.36. The number of carbonyl (C=O) groups excluding carboxylic acids is 1. The Kier molecular flexibility index (Phi) is 6.28. The molecule has 0 atom stereocenters. The Labute approximate surface area is 119 Å². The van der Waals surface area contributed by atoms with Gasteiger partial charge in [0.15, 0.2) is 5.78 Å². The molecule has 1 rings (SSSR count). The highest BCUT2D eigenvalue weighted by Gasteiger charge is 2.16. The van der Waals surface area contributed by atoms with E-state index in [2.05, 4.69) is 4.72 Å². The third-order valence-corrected chi connectivity index (χ3v) is 4.37. The summed E-state index contributed by atoms with van der Waals surface area (Å²) < 4.78 is 26.7. The maximum absolute atomic E-state index is 12.1. The Bertz CT molecular complexity index is 570. The van der Waals surface area contributed by atoms with Crippen molar-refractivity contribution in [3.05, 3.63) is 29.3 Å². The fourth-order valence-electron chi connectivity index (χ4n) is 1.81. The zero-order valence-corrected chi connectivity index (χ0v) is 12.4. The van der Waals surface area contributed by atoms with E-state index in [0.717, 1.165) is 6.42 Å². The Morgan fingerprint density at radius 3 is 2.50 bits per heavy atom. The van der Waals surface area contributed by atoms with Gasteiger partial charge in [-0.05, 0) is 50.1 Å². The largest absolute Gasteiger partial charge is 0.330 e. The first-order chi connectivity index (χ1) is 9.42. The molecular weight excluding hydrogens is 278 g/mol. The normalized spacial score (nSPS) is 11.6. The molecule has 7 heteroatoms. The summed E-state index contributed by atoms with van der Waals surface area (Å²) in [5.41, 5.74) is 11.9. The number of nitrogens with one attached hydrogen (secondary N) is 1. The Morgan fingerprint density at radius 1 is 1.25 bits per heavy atom. The molecule has 0 spiro atoms. The maximum Gasteiger partial charge on any atom is 0.240 e. The van der Waals surface area contributed by atoms with Crippen molar-refractivity contribution in [3.63, 3.8) is 0 Å². The number of hydrogen-bond acceptors (Lipinski definition) is 5.